The van der Waals surface area contributed by atoms with Gasteiger partial charge in [-0.1, -0.05) is 35.9 Å². The Balaban J connectivity index is 2.00. The van der Waals surface area contributed by atoms with E-state index in [0.717, 1.165) is 24.0 Å². The highest BCUT2D eigenvalue weighted by Crippen LogP contribution is 2.25. The smallest absolute Gasteiger partial charge is 0.193 e. The number of fused-ring (bicyclic) bond motifs is 1. The van der Waals surface area contributed by atoms with E-state index in [1.54, 1.807) is 0 Å². The summed E-state index contributed by atoms with van der Waals surface area (Å²) in [5, 5.41) is 0.647. The second-order valence-corrected chi connectivity index (χ2v) is 5.84. The van der Waals surface area contributed by atoms with Gasteiger partial charge in [-0.2, -0.15) is 0 Å². The summed E-state index contributed by atoms with van der Waals surface area (Å²) in [6, 6.07) is 11.6. The lowest BCUT2D eigenvalue weighted by Crippen LogP contribution is -2.08. The van der Waals surface area contributed by atoms with Gasteiger partial charge >= 0.3 is 0 Å². The molecule has 2 aromatic carbocycles. The number of rotatable bonds is 2. The first-order valence-corrected chi connectivity index (χ1v) is 7.46. The van der Waals surface area contributed by atoms with Crippen molar-refractivity contribution in [2.45, 2.75) is 32.6 Å². The minimum absolute atomic E-state index is 0.0679. The van der Waals surface area contributed by atoms with Gasteiger partial charge in [0.1, 0.15) is 0 Å². The van der Waals surface area contributed by atoms with Crippen molar-refractivity contribution < 1.29 is 4.79 Å². The topological polar surface area (TPSA) is 17.1 Å². The molecule has 0 aliphatic heterocycles. The molecule has 1 nitrogen and oxygen atoms in total. The molecule has 2 aromatic rings. The number of hydrogen-bond acceptors (Lipinski definition) is 1. The maximum Gasteiger partial charge on any atom is 0.193 e. The highest BCUT2D eigenvalue weighted by molar-refractivity contribution is 6.32. The third kappa shape index (κ3) is 2.38. The molecule has 20 heavy (non-hydrogen) atoms. The van der Waals surface area contributed by atoms with Crippen LogP contribution in [0.2, 0.25) is 5.02 Å². The van der Waals surface area contributed by atoms with E-state index in [0.29, 0.717) is 10.6 Å². The van der Waals surface area contributed by atoms with Crippen molar-refractivity contribution in [3.05, 3.63) is 69.2 Å². The highest BCUT2D eigenvalue weighted by Gasteiger charge is 2.16. The van der Waals surface area contributed by atoms with Gasteiger partial charge in [0.15, 0.2) is 5.78 Å². The van der Waals surface area contributed by atoms with Gasteiger partial charge in [0.2, 0.25) is 0 Å². The molecule has 1 aliphatic carbocycles. The zero-order valence-electron chi connectivity index (χ0n) is 11.6. The van der Waals surface area contributed by atoms with Crippen molar-refractivity contribution in [3.8, 4) is 0 Å². The summed E-state index contributed by atoms with van der Waals surface area (Å²) in [5.74, 6) is 0.0679. The van der Waals surface area contributed by atoms with Crippen LogP contribution in [0.5, 0.6) is 0 Å². The van der Waals surface area contributed by atoms with Crippen LogP contribution in [0.4, 0.5) is 0 Å². The average Bonchev–Trinajstić information content (AvgIpc) is 2.49. The Morgan fingerprint density at radius 3 is 2.60 bits per heavy atom. The summed E-state index contributed by atoms with van der Waals surface area (Å²) in [6.07, 6.45) is 4.71. The van der Waals surface area contributed by atoms with E-state index >= 15 is 0 Å². The first-order chi connectivity index (χ1) is 9.66. The van der Waals surface area contributed by atoms with E-state index in [2.05, 4.69) is 12.1 Å². The Hall–Kier alpha value is -1.60. The van der Waals surface area contributed by atoms with Crippen LogP contribution in [-0.4, -0.2) is 5.78 Å². The molecule has 102 valence electrons. The molecule has 0 spiro atoms. The lowest BCUT2D eigenvalue weighted by molar-refractivity contribution is 0.103. The predicted octanol–water partition coefficient (Wildman–Crippen LogP) is 4.76. The second kappa shape index (κ2) is 5.41. The standard InChI is InChI=1S/C18H17ClO/c1-12-16(7-4-8-17(12)19)18(20)15-10-9-13-5-2-3-6-14(13)11-15/h4,7-11H,2-3,5-6H2,1H3. The largest absolute Gasteiger partial charge is 0.289 e. The summed E-state index contributed by atoms with van der Waals surface area (Å²) < 4.78 is 0. The van der Waals surface area contributed by atoms with E-state index in [4.69, 9.17) is 11.6 Å². The van der Waals surface area contributed by atoms with Gasteiger partial charge in [0, 0.05) is 16.1 Å². The number of carbonyl (C=O) groups is 1. The SMILES string of the molecule is Cc1c(Cl)cccc1C(=O)c1ccc2c(c1)CCCC2. The monoisotopic (exact) mass is 284 g/mol. The lowest BCUT2D eigenvalue weighted by atomic mass is 9.88. The summed E-state index contributed by atoms with van der Waals surface area (Å²) in [4.78, 5) is 12.6. The summed E-state index contributed by atoms with van der Waals surface area (Å²) in [6.45, 7) is 1.90. The number of benzene rings is 2. The molecule has 0 aromatic heterocycles. The van der Waals surface area contributed by atoms with Crippen LogP contribution >= 0.6 is 11.6 Å². The van der Waals surface area contributed by atoms with E-state index in [-0.39, 0.29) is 5.78 Å². The van der Waals surface area contributed by atoms with E-state index in [1.807, 2.05) is 31.2 Å². The van der Waals surface area contributed by atoms with E-state index in [9.17, 15) is 4.79 Å². The summed E-state index contributed by atoms with van der Waals surface area (Å²) >= 11 is 6.11. The highest BCUT2D eigenvalue weighted by atomic mass is 35.5. The second-order valence-electron chi connectivity index (χ2n) is 5.43. The van der Waals surface area contributed by atoms with Gasteiger partial charge in [0.25, 0.3) is 0 Å². The fraction of sp³-hybridized carbons (Fsp3) is 0.278. The Morgan fingerprint density at radius 2 is 1.80 bits per heavy atom. The summed E-state index contributed by atoms with van der Waals surface area (Å²) in [7, 11) is 0. The molecule has 0 N–H and O–H groups in total. The molecule has 0 amide bonds. The Kier molecular flexibility index (Phi) is 3.62. The number of ketones is 1. The van der Waals surface area contributed by atoms with Gasteiger partial charge in [-0.25, -0.2) is 0 Å². The van der Waals surface area contributed by atoms with Crippen molar-refractivity contribution in [1.29, 1.82) is 0 Å². The Labute approximate surface area is 124 Å². The van der Waals surface area contributed by atoms with Crippen molar-refractivity contribution in [2.75, 3.05) is 0 Å². The fourth-order valence-corrected chi connectivity index (χ4v) is 3.06. The molecule has 2 heteroatoms. The minimum atomic E-state index is 0.0679. The molecular formula is C18H17ClO. The van der Waals surface area contributed by atoms with Gasteiger partial charge < -0.3 is 0 Å². The summed E-state index contributed by atoms with van der Waals surface area (Å²) in [5.41, 5.74) is 5.07. The maximum absolute atomic E-state index is 12.6. The number of hydrogen-bond donors (Lipinski definition) is 0. The zero-order chi connectivity index (χ0) is 14.1. The minimum Gasteiger partial charge on any atom is -0.289 e. The maximum atomic E-state index is 12.6. The molecule has 0 fully saturated rings. The molecule has 3 rings (SSSR count). The number of carbonyl (C=O) groups excluding carboxylic acids is 1. The van der Waals surface area contributed by atoms with Gasteiger partial charge in [-0.05, 0) is 61.4 Å². The molecule has 0 unspecified atom stereocenters. The Bertz CT molecular complexity index is 673. The number of aryl methyl sites for hydroxylation is 2. The van der Waals surface area contributed by atoms with Crippen LogP contribution in [0, 0.1) is 6.92 Å². The molecule has 0 saturated heterocycles. The first kappa shape index (κ1) is 13.4. The third-order valence-corrected chi connectivity index (χ3v) is 4.53. The molecule has 0 radical (unpaired) electrons. The molecule has 0 heterocycles. The van der Waals surface area contributed by atoms with Gasteiger partial charge in [-0.15, -0.1) is 0 Å². The molecule has 0 bridgehead atoms. The van der Waals surface area contributed by atoms with Gasteiger partial charge in [-0.3, -0.25) is 4.79 Å². The zero-order valence-corrected chi connectivity index (χ0v) is 12.3. The van der Waals surface area contributed by atoms with Crippen LogP contribution in [0.15, 0.2) is 36.4 Å². The fourth-order valence-electron chi connectivity index (χ4n) is 2.88. The van der Waals surface area contributed by atoms with Crippen LogP contribution in [0.1, 0.15) is 45.5 Å². The van der Waals surface area contributed by atoms with Crippen LogP contribution < -0.4 is 0 Å². The number of halogens is 1. The molecule has 1 aliphatic rings. The molecule has 0 saturated carbocycles. The lowest BCUT2D eigenvalue weighted by Gasteiger charge is -2.16. The van der Waals surface area contributed by atoms with E-state index < -0.39 is 0 Å². The Morgan fingerprint density at radius 1 is 1.05 bits per heavy atom. The van der Waals surface area contributed by atoms with E-state index in [1.165, 1.54) is 24.0 Å². The first-order valence-electron chi connectivity index (χ1n) is 7.08. The normalized spacial score (nSPS) is 13.9. The van der Waals surface area contributed by atoms with Crippen LogP contribution in [0.25, 0.3) is 0 Å². The van der Waals surface area contributed by atoms with Gasteiger partial charge in [0.05, 0.1) is 0 Å². The predicted molar refractivity (Wildman–Crippen MR) is 82.7 cm³/mol. The van der Waals surface area contributed by atoms with Crippen molar-refractivity contribution in [1.82, 2.24) is 0 Å². The van der Waals surface area contributed by atoms with Crippen molar-refractivity contribution in [2.24, 2.45) is 0 Å². The molecular weight excluding hydrogens is 268 g/mol. The quantitative estimate of drug-likeness (QED) is 0.727. The van der Waals surface area contributed by atoms with Crippen LogP contribution in [-0.2, 0) is 12.8 Å². The third-order valence-electron chi connectivity index (χ3n) is 4.12. The van der Waals surface area contributed by atoms with Crippen LogP contribution in [0.3, 0.4) is 0 Å². The van der Waals surface area contributed by atoms with Crippen molar-refractivity contribution in [3.63, 3.8) is 0 Å². The molecule has 0 atom stereocenters. The van der Waals surface area contributed by atoms with Crippen molar-refractivity contribution >= 4 is 17.4 Å². The average molecular weight is 285 g/mol.